The standard InChI is InChI=1S/C15H12F2N2O2/c1-20-13-6-11-12(7-14(13)21-2)19-15(18-11)8-3-4-9(16)10(17)5-8/h3-7H,1-2H3,(H,18,19). The molecular weight excluding hydrogens is 278 g/mol. The minimum Gasteiger partial charge on any atom is -0.493 e. The zero-order valence-corrected chi connectivity index (χ0v) is 11.4. The third-order valence-corrected chi connectivity index (χ3v) is 3.18. The van der Waals surface area contributed by atoms with E-state index in [0.717, 1.165) is 12.1 Å². The van der Waals surface area contributed by atoms with Crippen molar-refractivity contribution in [1.29, 1.82) is 0 Å². The number of fused-ring (bicyclic) bond motifs is 1. The molecule has 0 fully saturated rings. The van der Waals surface area contributed by atoms with Crippen LogP contribution in [-0.2, 0) is 0 Å². The van der Waals surface area contributed by atoms with E-state index < -0.39 is 11.6 Å². The fraction of sp³-hybridized carbons (Fsp3) is 0.133. The van der Waals surface area contributed by atoms with E-state index in [4.69, 9.17) is 9.47 Å². The molecule has 0 saturated heterocycles. The van der Waals surface area contributed by atoms with Gasteiger partial charge < -0.3 is 14.5 Å². The molecule has 3 aromatic rings. The molecule has 1 heterocycles. The van der Waals surface area contributed by atoms with Gasteiger partial charge in [0.25, 0.3) is 0 Å². The summed E-state index contributed by atoms with van der Waals surface area (Å²) in [6, 6.07) is 7.09. The van der Waals surface area contributed by atoms with Gasteiger partial charge >= 0.3 is 0 Å². The van der Waals surface area contributed by atoms with E-state index in [1.54, 1.807) is 12.1 Å². The number of aromatic amines is 1. The van der Waals surface area contributed by atoms with Crippen LogP contribution < -0.4 is 9.47 Å². The highest BCUT2D eigenvalue weighted by Crippen LogP contribution is 2.32. The maximum Gasteiger partial charge on any atom is 0.163 e. The number of aromatic nitrogens is 2. The summed E-state index contributed by atoms with van der Waals surface area (Å²) in [4.78, 5) is 7.41. The number of nitrogens with one attached hydrogen (secondary N) is 1. The first-order valence-corrected chi connectivity index (χ1v) is 6.19. The molecular formula is C15H12F2N2O2. The number of halogens is 2. The Morgan fingerprint density at radius 2 is 1.67 bits per heavy atom. The average Bonchev–Trinajstić information content (AvgIpc) is 2.91. The number of hydrogen-bond acceptors (Lipinski definition) is 3. The van der Waals surface area contributed by atoms with Crippen LogP contribution in [0, 0.1) is 11.6 Å². The van der Waals surface area contributed by atoms with Crippen molar-refractivity contribution in [2.24, 2.45) is 0 Å². The van der Waals surface area contributed by atoms with E-state index in [0.29, 0.717) is 33.9 Å². The van der Waals surface area contributed by atoms with Crippen molar-refractivity contribution < 1.29 is 18.3 Å². The molecule has 21 heavy (non-hydrogen) atoms. The van der Waals surface area contributed by atoms with E-state index in [1.165, 1.54) is 20.3 Å². The van der Waals surface area contributed by atoms with Crippen LogP contribution >= 0.6 is 0 Å². The minimum atomic E-state index is -0.914. The summed E-state index contributed by atoms with van der Waals surface area (Å²) in [6.45, 7) is 0. The van der Waals surface area contributed by atoms with Crippen LogP contribution in [0.4, 0.5) is 8.78 Å². The Labute approximate surface area is 119 Å². The molecule has 2 aromatic carbocycles. The molecule has 1 N–H and O–H groups in total. The molecule has 108 valence electrons. The molecule has 0 aliphatic heterocycles. The van der Waals surface area contributed by atoms with Gasteiger partial charge in [0.1, 0.15) is 5.82 Å². The number of imidazole rings is 1. The van der Waals surface area contributed by atoms with E-state index in [9.17, 15) is 8.78 Å². The first-order valence-electron chi connectivity index (χ1n) is 6.19. The van der Waals surface area contributed by atoms with Crippen LogP contribution in [0.5, 0.6) is 11.5 Å². The first-order chi connectivity index (χ1) is 10.1. The largest absolute Gasteiger partial charge is 0.493 e. The van der Waals surface area contributed by atoms with Gasteiger partial charge in [0.2, 0.25) is 0 Å². The number of methoxy groups -OCH3 is 2. The van der Waals surface area contributed by atoms with E-state index in [-0.39, 0.29) is 0 Å². The summed E-state index contributed by atoms with van der Waals surface area (Å²) >= 11 is 0. The Morgan fingerprint density at radius 3 is 2.33 bits per heavy atom. The maximum absolute atomic E-state index is 13.3. The summed E-state index contributed by atoms with van der Waals surface area (Å²) in [5, 5.41) is 0. The molecule has 0 unspecified atom stereocenters. The Kier molecular flexibility index (Phi) is 3.21. The summed E-state index contributed by atoms with van der Waals surface area (Å²) in [5.41, 5.74) is 1.82. The van der Waals surface area contributed by atoms with E-state index >= 15 is 0 Å². The molecule has 0 aliphatic carbocycles. The predicted octanol–water partition coefficient (Wildman–Crippen LogP) is 3.53. The highest BCUT2D eigenvalue weighted by atomic mass is 19.2. The topological polar surface area (TPSA) is 47.1 Å². The van der Waals surface area contributed by atoms with Crippen LogP contribution in [0.3, 0.4) is 0 Å². The van der Waals surface area contributed by atoms with Crippen molar-refractivity contribution in [3.63, 3.8) is 0 Å². The van der Waals surface area contributed by atoms with E-state index in [2.05, 4.69) is 9.97 Å². The van der Waals surface area contributed by atoms with Crippen molar-refractivity contribution in [2.75, 3.05) is 14.2 Å². The van der Waals surface area contributed by atoms with Gasteiger partial charge in [0, 0.05) is 17.7 Å². The molecule has 4 nitrogen and oxygen atoms in total. The molecule has 0 atom stereocenters. The first kappa shape index (κ1) is 13.4. The van der Waals surface area contributed by atoms with Gasteiger partial charge in [-0.2, -0.15) is 0 Å². The third-order valence-electron chi connectivity index (χ3n) is 3.18. The number of H-pyrrole nitrogens is 1. The third kappa shape index (κ3) is 2.29. The molecule has 0 radical (unpaired) electrons. The molecule has 0 saturated carbocycles. The van der Waals surface area contributed by atoms with Crippen LogP contribution in [0.1, 0.15) is 0 Å². The lowest BCUT2D eigenvalue weighted by molar-refractivity contribution is 0.356. The van der Waals surface area contributed by atoms with Crippen molar-refractivity contribution >= 4 is 11.0 Å². The second-order valence-electron chi connectivity index (χ2n) is 4.44. The minimum absolute atomic E-state index is 0.444. The zero-order chi connectivity index (χ0) is 15.0. The van der Waals surface area contributed by atoms with Crippen LogP contribution in [0.2, 0.25) is 0 Å². The van der Waals surface area contributed by atoms with Crippen molar-refractivity contribution in [2.45, 2.75) is 0 Å². The summed E-state index contributed by atoms with van der Waals surface area (Å²) < 4.78 is 36.7. The van der Waals surface area contributed by atoms with Crippen LogP contribution in [0.15, 0.2) is 30.3 Å². The zero-order valence-electron chi connectivity index (χ0n) is 11.4. The fourth-order valence-corrected chi connectivity index (χ4v) is 2.12. The molecule has 6 heteroatoms. The van der Waals surface area contributed by atoms with Gasteiger partial charge in [-0.3, -0.25) is 0 Å². The van der Waals surface area contributed by atoms with Crippen LogP contribution in [0.25, 0.3) is 22.4 Å². The smallest absolute Gasteiger partial charge is 0.163 e. The number of nitrogens with zero attached hydrogens (tertiary/aromatic N) is 1. The van der Waals surface area contributed by atoms with E-state index in [1.807, 2.05) is 0 Å². The summed E-state index contributed by atoms with van der Waals surface area (Å²) in [6.07, 6.45) is 0. The highest BCUT2D eigenvalue weighted by Gasteiger charge is 2.12. The lowest BCUT2D eigenvalue weighted by Crippen LogP contribution is -1.89. The molecule has 0 amide bonds. The summed E-state index contributed by atoms with van der Waals surface area (Å²) in [5.74, 6) is -0.251. The quantitative estimate of drug-likeness (QED) is 0.802. The van der Waals surface area contributed by atoms with Gasteiger partial charge in [0.05, 0.1) is 25.3 Å². The number of ether oxygens (including phenoxy) is 2. The monoisotopic (exact) mass is 290 g/mol. The normalized spacial score (nSPS) is 10.9. The van der Waals surface area contributed by atoms with Crippen molar-refractivity contribution in [3.8, 4) is 22.9 Å². The lowest BCUT2D eigenvalue weighted by Gasteiger charge is -2.06. The molecule has 0 aliphatic rings. The van der Waals surface area contributed by atoms with Crippen molar-refractivity contribution in [3.05, 3.63) is 42.0 Å². The fourth-order valence-electron chi connectivity index (χ4n) is 2.12. The van der Waals surface area contributed by atoms with Gasteiger partial charge in [-0.1, -0.05) is 0 Å². The maximum atomic E-state index is 13.3. The second-order valence-corrected chi connectivity index (χ2v) is 4.44. The Balaban J connectivity index is 2.14. The average molecular weight is 290 g/mol. The van der Waals surface area contributed by atoms with Crippen LogP contribution in [-0.4, -0.2) is 24.2 Å². The van der Waals surface area contributed by atoms with Crippen molar-refractivity contribution in [1.82, 2.24) is 9.97 Å². The second kappa shape index (κ2) is 5.05. The molecule has 3 rings (SSSR count). The summed E-state index contributed by atoms with van der Waals surface area (Å²) in [7, 11) is 3.07. The van der Waals surface area contributed by atoms with Gasteiger partial charge in [-0.25, -0.2) is 13.8 Å². The molecule has 1 aromatic heterocycles. The Morgan fingerprint density at radius 1 is 0.952 bits per heavy atom. The Bertz CT molecular complexity index is 774. The number of rotatable bonds is 3. The molecule has 0 bridgehead atoms. The van der Waals surface area contributed by atoms with Gasteiger partial charge in [0.15, 0.2) is 23.1 Å². The lowest BCUT2D eigenvalue weighted by atomic mass is 10.2. The SMILES string of the molecule is COc1cc2nc(-c3ccc(F)c(F)c3)[nH]c2cc1OC. The molecule has 0 spiro atoms. The predicted molar refractivity (Wildman–Crippen MR) is 74.5 cm³/mol. The Hall–Kier alpha value is -2.63. The highest BCUT2D eigenvalue weighted by molar-refractivity contribution is 5.83. The number of hydrogen-bond donors (Lipinski definition) is 1. The van der Waals surface area contributed by atoms with Gasteiger partial charge in [-0.05, 0) is 18.2 Å². The van der Waals surface area contributed by atoms with Gasteiger partial charge in [-0.15, -0.1) is 0 Å². The number of benzene rings is 2.